The van der Waals surface area contributed by atoms with Crippen LogP contribution in [0.25, 0.3) is 0 Å². The minimum absolute atomic E-state index is 0.743. The van der Waals surface area contributed by atoms with Crippen LogP contribution < -0.4 is 5.84 Å². The second-order valence-corrected chi connectivity index (χ2v) is 1.53. The van der Waals surface area contributed by atoms with E-state index in [-0.39, 0.29) is 0 Å². The predicted octanol–water partition coefficient (Wildman–Crippen LogP) is -0.117. The molecular formula is C5H13N3. The van der Waals surface area contributed by atoms with E-state index in [2.05, 4.69) is 4.99 Å². The van der Waals surface area contributed by atoms with E-state index in [1.54, 1.807) is 18.3 Å². The Morgan fingerprint density at radius 2 is 2.38 bits per heavy atom. The molecule has 0 saturated heterocycles. The highest BCUT2D eigenvalue weighted by Gasteiger charge is 1.86. The van der Waals surface area contributed by atoms with Crippen molar-refractivity contribution in [2.75, 3.05) is 20.1 Å². The van der Waals surface area contributed by atoms with Gasteiger partial charge in [0.2, 0.25) is 0 Å². The van der Waals surface area contributed by atoms with Gasteiger partial charge in [0.05, 0.1) is 0 Å². The lowest BCUT2D eigenvalue weighted by molar-refractivity contribution is 0.345. The zero-order chi connectivity index (χ0) is 6.41. The summed E-state index contributed by atoms with van der Waals surface area (Å²) in [5.41, 5.74) is 0. The molecule has 0 rings (SSSR count). The van der Waals surface area contributed by atoms with Crippen LogP contribution >= 0.6 is 0 Å². The van der Waals surface area contributed by atoms with Gasteiger partial charge in [-0.15, -0.1) is 0 Å². The summed E-state index contributed by atoms with van der Waals surface area (Å²) in [6, 6.07) is 0. The number of aliphatic imine (C=N–C) groups is 1. The summed E-state index contributed by atoms with van der Waals surface area (Å²) >= 11 is 0. The van der Waals surface area contributed by atoms with Crippen molar-refractivity contribution in [2.24, 2.45) is 10.8 Å². The van der Waals surface area contributed by atoms with Gasteiger partial charge >= 0.3 is 0 Å². The molecule has 0 spiro atoms. The van der Waals surface area contributed by atoms with Gasteiger partial charge in [0.25, 0.3) is 0 Å². The molecule has 0 aromatic rings. The van der Waals surface area contributed by atoms with E-state index in [0.717, 1.165) is 13.1 Å². The minimum Gasteiger partial charge on any atom is -0.299 e. The van der Waals surface area contributed by atoms with E-state index >= 15 is 0 Å². The molecule has 0 bridgehead atoms. The van der Waals surface area contributed by atoms with Crippen LogP contribution in [0.5, 0.6) is 0 Å². The van der Waals surface area contributed by atoms with E-state index < -0.39 is 0 Å². The Hall–Kier alpha value is -0.410. The van der Waals surface area contributed by atoms with E-state index in [0.29, 0.717) is 0 Å². The molecule has 0 aliphatic heterocycles. The topological polar surface area (TPSA) is 41.6 Å². The van der Waals surface area contributed by atoms with Crippen LogP contribution in [0.3, 0.4) is 0 Å². The number of rotatable bonds is 3. The second kappa shape index (κ2) is 4.74. The number of hydrogen-bond donors (Lipinski definition) is 1. The third kappa shape index (κ3) is 3.77. The smallest absolute Gasteiger partial charge is 0.0478 e. The number of hydrogen-bond acceptors (Lipinski definition) is 3. The van der Waals surface area contributed by atoms with Gasteiger partial charge in [0, 0.05) is 26.4 Å². The lowest BCUT2D eigenvalue weighted by atomic mass is 10.6. The number of nitrogens with two attached hydrogens (primary N) is 1. The SMILES string of the molecule is CCN(N)CC=NC. The molecule has 3 heteroatoms. The maximum absolute atomic E-state index is 5.40. The van der Waals surface area contributed by atoms with Crippen LogP contribution in [0.15, 0.2) is 4.99 Å². The summed E-state index contributed by atoms with van der Waals surface area (Å²) in [4.78, 5) is 3.78. The van der Waals surface area contributed by atoms with E-state index in [9.17, 15) is 0 Å². The molecule has 0 fully saturated rings. The molecular weight excluding hydrogens is 102 g/mol. The summed E-state index contributed by atoms with van der Waals surface area (Å²) in [7, 11) is 1.74. The third-order valence-corrected chi connectivity index (χ3v) is 0.905. The maximum atomic E-state index is 5.40. The first-order valence-electron chi connectivity index (χ1n) is 2.71. The van der Waals surface area contributed by atoms with Gasteiger partial charge in [-0.2, -0.15) is 0 Å². The molecule has 0 aromatic heterocycles. The summed E-state index contributed by atoms with van der Waals surface area (Å²) in [6.07, 6.45) is 1.78. The van der Waals surface area contributed by atoms with Gasteiger partial charge in [0.1, 0.15) is 0 Å². The Labute approximate surface area is 50.2 Å². The lowest BCUT2D eigenvalue weighted by Crippen LogP contribution is -2.32. The summed E-state index contributed by atoms with van der Waals surface area (Å²) < 4.78 is 0. The summed E-state index contributed by atoms with van der Waals surface area (Å²) in [5, 5.41) is 1.69. The first-order valence-corrected chi connectivity index (χ1v) is 2.71. The lowest BCUT2D eigenvalue weighted by Gasteiger charge is -2.07. The van der Waals surface area contributed by atoms with Gasteiger partial charge in [-0.3, -0.25) is 10.8 Å². The van der Waals surface area contributed by atoms with Gasteiger partial charge in [-0.1, -0.05) is 6.92 Å². The largest absolute Gasteiger partial charge is 0.299 e. The first kappa shape index (κ1) is 7.59. The molecule has 0 aliphatic carbocycles. The van der Waals surface area contributed by atoms with Crippen LogP contribution in [-0.2, 0) is 0 Å². The summed E-state index contributed by atoms with van der Waals surface area (Å²) in [6.45, 7) is 3.61. The van der Waals surface area contributed by atoms with Crippen LogP contribution in [0, 0.1) is 0 Å². The van der Waals surface area contributed by atoms with Crippen molar-refractivity contribution in [3.8, 4) is 0 Å². The first-order chi connectivity index (χ1) is 3.81. The van der Waals surface area contributed by atoms with E-state index in [1.165, 1.54) is 0 Å². The van der Waals surface area contributed by atoms with E-state index in [4.69, 9.17) is 5.84 Å². The Bertz CT molecular complexity index is 70.1. The van der Waals surface area contributed by atoms with Gasteiger partial charge in [-0.05, 0) is 0 Å². The molecule has 0 atom stereocenters. The van der Waals surface area contributed by atoms with Crippen molar-refractivity contribution in [2.45, 2.75) is 6.92 Å². The Kier molecular flexibility index (Phi) is 4.50. The highest BCUT2D eigenvalue weighted by Crippen LogP contribution is 1.69. The maximum Gasteiger partial charge on any atom is 0.0478 e. The molecule has 0 aromatic carbocycles. The molecule has 0 radical (unpaired) electrons. The quantitative estimate of drug-likeness (QED) is 0.316. The van der Waals surface area contributed by atoms with Crippen molar-refractivity contribution < 1.29 is 0 Å². The number of nitrogens with zero attached hydrogens (tertiary/aromatic N) is 2. The second-order valence-electron chi connectivity index (χ2n) is 1.53. The van der Waals surface area contributed by atoms with Crippen molar-refractivity contribution in [1.82, 2.24) is 5.01 Å². The third-order valence-electron chi connectivity index (χ3n) is 0.905. The zero-order valence-corrected chi connectivity index (χ0v) is 5.46. The average Bonchev–Trinajstić information content (AvgIpc) is 1.83. The fourth-order valence-electron chi connectivity index (χ4n) is 0.316. The van der Waals surface area contributed by atoms with Crippen molar-refractivity contribution in [3.05, 3.63) is 0 Å². The van der Waals surface area contributed by atoms with E-state index in [1.807, 2.05) is 6.92 Å². The van der Waals surface area contributed by atoms with Crippen LogP contribution in [0.4, 0.5) is 0 Å². The van der Waals surface area contributed by atoms with Gasteiger partial charge < -0.3 is 0 Å². The highest BCUT2D eigenvalue weighted by molar-refractivity contribution is 5.59. The molecule has 0 aliphatic rings. The van der Waals surface area contributed by atoms with Crippen molar-refractivity contribution >= 4 is 6.21 Å². The van der Waals surface area contributed by atoms with Crippen LogP contribution in [-0.4, -0.2) is 31.4 Å². The summed E-state index contributed by atoms with van der Waals surface area (Å²) in [5.74, 6) is 5.40. The van der Waals surface area contributed by atoms with Crippen LogP contribution in [0.2, 0.25) is 0 Å². The molecule has 0 heterocycles. The monoisotopic (exact) mass is 115 g/mol. The van der Waals surface area contributed by atoms with Crippen LogP contribution in [0.1, 0.15) is 6.92 Å². The fourth-order valence-corrected chi connectivity index (χ4v) is 0.316. The highest BCUT2D eigenvalue weighted by atomic mass is 15.4. The molecule has 0 amide bonds. The molecule has 48 valence electrons. The Morgan fingerprint density at radius 3 is 2.75 bits per heavy atom. The Balaban J connectivity index is 3.10. The minimum atomic E-state index is 0.743. The zero-order valence-electron chi connectivity index (χ0n) is 5.46. The molecule has 3 nitrogen and oxygen atoms in total. The van der Waals surface area contributed by atoms with Gasteiger partial charge in [0.15, 0.2) is 0 Å². The van der Waals surface area contributed by atoms with Crippen molar-refractivity contribution in [1.29, 1.82) is 0 Å². The molecule has 8 heavy (non-hydrogen) atoms. The Morgan fingerprint density at radius 1 is 1.75 bits per heavy atom. The molecule has 2 N–H and O–H groups in total. The molecule has 0 saturated carbocycles. The van der Waals surface area contributed by atoms with Gasteiger partial charge in [-0.25, -0.2) is 5.01 Å². The normalized spacial score (nSPS) is 11.5. The standard InChI is InChI=1S/C5H13N3/c1-3-8(6)5-4-7-2/h4H,3,5-6H2,1-2H3. The average molecular weight is 115 g/mol. The van der Waals surface area contributed by atoms with Crippen molar-refractivity contribution in [3.63, 3.8) is 0 Å². The fraction of sp³-hybridized carbons (Fsp3) is 0.800. The molecule has 0 unspecified atom stereocenters. The number of hydrazine groups is 1. The predicted molar refractivity (Wildman–Crippen MR) is 35.9 cm³/mol.